The SMILES string of the molecule is CC(C)(CO)NC(=O)c1ccc2c(c1)COC2=O.O=C(Cl)c1ccc2c(c1)COC2=O.O=C(O)c1ccc2c(c1)COC2=O. The lowest BCUT2D eigenvalue weighted by Gasteiger charge is -2.23. The Morgan fingerprint density at radius 2 is 1.11 bits per heavy atom. The van der Waals surface area contributed by atoms with E-state index in [2.05, 4.69) is 5.32 Å². The number of rotatable bonds is 5. The van der Waals surface area contributed by atoms with Crippen LogP contribution >= 0.6 is 11.6 Å². The highest BCUT2D eigenvalue weighted by molar-refractivity contribution is 6.67. The van der Waals surface area contributed by atoms with Crippen LogP contribution in [0.4, 0.5) is 0 Å². The smallest absolute Gasteiger partial charge is 0.338 e. The largest absolute Gasteiger partial charge is 0.478 e. The number of esters is 3. The Labute approximate surface area is 255 Å². The molecule has 3 N–H and O–H groups in total. The molecule has 0 saturated carbocycles. The Hall–Kier alpha value is -5.07. The van der Waals surface area contributed by atoms with E-state index in [0.717, 1.165) is 11.1 Å². The first-order valence-electron chi connectivity index (χ1n) is 13.1. The number of carbonyl (C=O) groups excluding carboxylic acids is 5. The first-order valence-corrected chi connectivity index (χ1v) is 13.4. The van der Waals surface area contributed by atoms with E-state index in [9.17, 15) is 28.8 Å². The van der Waals surface area contributed by atoms with Gasteiger partial charge in [-0.15, -0.1) is 0 Å². The molecule has 13 heteroatoms. The van der Waals surface area contributed by atoms with Crippen molar-refractivity contribution in [3.05, 3.63) is 105 Å². The Morgan fingerprint density at radius 1 is 0.727 bits per heavy atom. The predicted octanol–water partition coefficient (Wildman–Crippen LogP) is 3.65. The number of carboxylic acids is 1. The van der Waals surface area contributed by atoms with Gasteiger partial charge in [0.05, 0.1) is 34.4 Å². The van der Waals surface area contributed by atoms with Crippen LogP contribution in [0.2, 0.25) is 0 Å². The van der Waals surface area contributed by atoms with E-state index >= 15 is 0 Å². The molecule has 0 atom stereocenters. The molecule has 0 saturated heterocycles. The van der Waals surface area contributed by atoms with Crippen LogP contribution in [-0.2, 0) is 34.0 Å². The highest BCUT2D eigenvalue weighted by Gasteiger charge is 2.25. The van der Waals surface area contributed by atoms with Crippen LogP contribution in [0.3, 0.4) is 0 Å². The van der Waals surface area contributed by atoms with Crippen molar-refractivity contribution in [2.75, 3.05) is 6.61 Å². The first kappa shape index (κ1) is 31.9. The topological polar surface area (TPSA) is 183 Å². The Bertz CT molecular complexity index is 1620. The molecule has 0 fully saturated rings. The van der Waals surface area contributed by atoms with Crippen molar-refractivity contribution in [2.45, 2.75) is 39.2 Å². The van der Waals surface area contributed by atoms with Gasteiger partial charge in [-0.2, -0.15) is 0 Å². The third-order valence-corrected chi connectivity index (χ3v) is 6.85. The molecule has 44 heavy (non-hydrogen) atoms. The first-order chi connectivity index (χ1) is 20.8. The average molecular weight is 624 g/mol. The number of aromatic carboxylic acids is 1. The zero-order valence-electron chi connectivity index (χ0n) is 23.5. The van der Waals surface area contributed by atoms with Crippen LogP contribution in [0.1, 0.15) is 92.7 Å². The number of carboxylic acid groups (broad SMARTS) is 1. The van der Waals surface area contributed by atoms with Crippen LogP contribution in [0.25, 0.3) is 0 Å². The number of fused-ring (bicyclic) bond motifs is 3. The number of benzene rings is 3. The van der Waals surface area contributed by atoms with Gasteiger partial charge in [0.1, 0.15) is 19.8 Å². The minimum atomic E-state index is -0.998. The Morgan fingerprint density at radius 3 is 1.52 bits per heavy atom. The molecule has 228 valence electrons. The average Bonchev–Trinajstić information content (AvgIpc) is 3.69. The monoisotopic (exact) mass is 623 g/mol. The van der Waals surface area contributed by atoms with Gasteiger partial charge >= 0.3 is 23.9 Å². The van der Waals surface area contributed by atoms with Crippen molar-refractivity contribution < 1.29 is 53.2 Å². The molecule has 0 aliphatic carbocycles. The second-order valence-corrected chi connectivity index (χ2v) is 10.8. The van der Waals surface area contributed by atoms with E-state index in [1.807, 2.05) is 0 Å². The lowest BCUT2D eigenvalue weighted by Crippen LogP contribution is -2.46. The van der Waals surface area contributed by atoms with Crippen molar-refractivity contribution >= 4 is 46.6 Å². The third kappa shape index (κ3) is 7.28. The van der Waals surface area contributed by atoms with Crippen LogP contribution in [-0.4, -0.2) is 57.4 Å². The summed E-state index contributed by atoms with van der Waals surface area (Å²) in [6.07, 6.45) is 0. The second kappa shape index (κ2) is 13.1. The number of hydrogen-bond acceptors (Lipinski definition) is 10. The molecule has 0 spiro atoms. The summed E-state index contributed by atoms with van der Waals surface area (Å²) in [5.74, 6) is -2.36. The highest BCUT2D eigenvalue weighted by Crippen LogP contribution is 2.23. The van der Waals surface area contributed by atoms with Crippen molar-refractivity contribution in [3.8, 4) is 0 Å². The van der Waals surface area contributed by atoms with Crippen LogP contribution < -0.4 is 5.32 Å². The number of nitrogens with one attached hydrogen (secondary N) is 1. The molecule has 12 nitrogen and oxygen atoms in total. The van der Waals surface area contributed by atoms with Crippen molar-refractivity contribution in [1.82, 2.24) is 5.32 Å². The fourth-order valence-corrected chi connectivity index (χ4v) is 4.33. The van der Waals surface area contributed by atoms with E-state index in [-0.39, 0.29) is 55.8 Å². The van der Waals surface area contributed by atoms with Gasteiger partial charge in [-0.25, -0.2) is 19.2 Å². The van der Waals surface area contributed by atoms with Crippen LogP contribution in [0, 0.1) is 0 Å². The molecule has 3 heterocycles. The van der Waals surface area contributed by atoms with Crippen molar-refractivity contribution in [1.29, 1.82) is 0 Å². The van der Waals surface area contributed by atoms with E-state index in [1.165, 1.54) is 24.3 Å². The second-order valence-electron chi connectivity index (χ2n) is 10.4. The summed E-state index contributed by atoms with van der Waals surface area (Å²) in [5, 5.41) is 19.9. The number of aliphatic hydroxyl groups is 1. The zero-order chi connectivity index (χ0) is 32.2. The molecule has 0 aromatic heterocycles. The highest BCUT2D eigenvalue weighted by atomic mass is 35.5. The summed E-state index contributed by atoms with van der Waals surface area (Å²) in [4.78, 5) is 66.5. The normalized spacial score (nSPS) is 13.9. The van der Waals surface area contributed by atoms with Crippen LogP contribution in [0.15, 0.2) is 54.6 Å². The summed E-state index contributed by atoms with van der Waals surface area (Å²) in [6.45, 7) is 3.92. The molecule has 3 aliphatic heterocycles. The van der Waals surface area contributed by atoms with Crippen molar-refractivity contribution in [2.24, 2.45) is 0 Å². The van der Waals surface area contributed by atoms with Crippen LogP contribution in [0.5, 0.6) is 0 Å². The molecular formula is C31H26ClNO11. The van der Waals surface area contributed by atoms with Gasteiger partial charge in [-0.3, -0.25) is 9.59 Å². The lowest BCUT2D eigenvalue weighted by atomic mass is 10.0. The summed E-state index contributed by atoms with van der Waals surface area (Å²) in [6, 6.07) is 13.8. The maximum absolute atomic E-state index is 12.0. The molecule has 1 amide bonds. The van der Waals surface area contributed by atoms with Gasteiger partial charge in [0.15, 0.2) is 0 Å². The quantitative estimate of drug-likeness (QED) is 0.214. The number of halogens is 1. The van der Waals surface area contributed by atoms with Gasteiger partial charge in [-0.1, -0.05) is 0 Å². The molecule has 0 unspecified atom stereocenters. The van der Waals surface area contributed by atoms with E-state index in [1.54, 1.807) is 44.2 Å². The minimum Gasteiger partial charge on any atom is -0.478 e. The lowest BCUT2D eigenvalue weighted by molar-refractivity contribution is 0.0526. The fraction of sp³-hybridized carbons (Fsp3) is 0.226. The number of carbonyl (C=O) groups is 6. The van der Waals surface area contributed by atoms with E-state index < -0.39 is 16.8 Å². The Balaban J connectivity index is 0.000000154. The fourth-order valence-electron chi connectivity index (χ4n) is 4.22. The molecule has 3 aliphatic rings. The third-order valence-electron chi connectivity index (χ3n) is 6.64. The molecule has 3 aromatic rings. The zero-order valence-corrected chi connectivity index (χ0v) is 24.2. The van der Waals surface area contributed by atoms with E-state index in [4.69, 9.17) is 36.0 Å². The summed E-state index contributed by atoms with van der Waals surface area (Å²) < 4.78 is 14.4. The number of aliphatic hydroxyl groups excluding tert-OH is 1. The number of cyclic esters (lactones) is 3. The van der Waals surface area contributed by atoms with Gasteiger partial charge in [0.2, 0.25) is 0 Å². The van der Waals surface area contributed by atoms with Gasteiger partial charge in [0, 0.05) is 27.8 Å². The minimum absolute atomic E-state index is 0.148. The standard InChI is InChI=1S/C13H15NO4.C9H5ClO3.C9H6O4/c1-13(2,7-15)14-11(16)8-3-4-10-9(5-8)6-18-12(10)17;2*10-8(11)5-1-2-7-6(3-5)4-13-9(7)12/h3-5,15H,6-7H2,1-2H3,(H,14,16);1-3H,4H2;1-3H,4H2,(H,10,11). The molecule has 0 bridgehead atoms. The van der Waals surface area contributed by atoms with Gasteiger partial charge in [-0.05, 0) is 80.0 Å². The van der Waals surface area contributed by atoms with Crippen molar-refractivity contribution in [3.63, 3.8) is 0 Å². The van der Waals surface area contributed by atoms with E-state index in [0.29, 0.717) is 33.4 Å². The maximum atomic E-state index is 12.0. The molecular weight excluding hydrogens is 598 g/mol. The Kier molecular flexibility index (Phi) is 9.46. The molecule has 6 rings (SSSR count). The number of ether oxygens (including phenoxy) is 3. The maximum Gasteiger partial charge on any atom is 0.338 e. The summed E-state index contributed by atoms with van der Waals surface area (Å²) in [5.41, 5.74) is 3.91. The number of hydrogen-bond donors (Lipinski definition) is 3. The van der Waals surface area contributed by atoms with Gasteiger partial charge in [0.25, 0.3) is 11.1 Å². The predicted molar refractivity (Wildman–Crippen MR) is 152 cm³/mol. The van der Waals surface area contributed by atoms with Gasteiger partial charge < -0.3 is 29.7 Å². The molecule has 3 aromatic carbocycles. The summed E-state index contributed by atoms with van der Waals surface area (Å²) >= 11 is 5.28. The number of amides is 1. The molecule has 0 radical (unpaired) electrons. The summed E-state index contributed by atoms with van der Waals surface area (Å²) in [7, 11) is 0.